The predicted octanol–water partition coefficient (Wildman–Crippen LogP) is 3.28. The van der Waals surface area contributed by atoms with Crippen LogP contribution in [0.1, 0.15) is 71.6 Å². The van der Waals surface area contributed by atoms with E-state index < -0.39 is 0 Å². The van der Waals surface area contributed by atoms with Gasteiger partial charge >= 0.3 is 0 Å². The Kier molecular flexibility index (Phi) is 16.8. The van der Waals surface area contributed by atoms with Crippen LogP contribution in [0.15, 0.2) is 0 Å². The molecule has 0 heterocycles. The van der Waals surface area contributed by atoms with E-state index in [4.69, 9.17) is 5.21 Å². The van der Waals surface area contributed by atoms with Crippen LogP contribution >= 0.6 is 0 Å². The number of carbonyl (C=O) groups is 1. The molecule has 0 aliphatic carbocycles. The van der Waals surface area contributed by atoms with E-state index in [2.05, 4.69) is 13.8 Å². The first-order valence-electron chi connectivity index (χ1n) is 6.59. The summed E-state index contributed by atoms with van der Waals surface area (Å²) in [5.74, 6) is 0.564. The summed E-state index contributed by atoms with van der Waals surface area (Å²) in [4.78, 5) is 10.7. The SMILES string of the molecule is CC(C)CCCCCCCCCC(=O)NO.[Na]. The van der Waals surface area contributed by atoms with Gasteiger partial charge in [0.2, 0.25) is 5.91 Å². The molecule has 0 unspecified atom stereocenters. The Labute approximate surface area is 128 Å². The van der Waals surface area contributed by atoms with Crippen LogP contribution < -0.4 is 5.48 Å². The monoisotopic (exact) mass is 252 g/mol. The predicted molar refractivity (Wildman–Crippen MR) is 72.1 cm³/mol. The molecule has 0 spiro atoms. The second-order valence-corrected chi connectivity index (χ2v) is 4.94. The van der Waals surface area contributed by atoms with Gasteiger partial charge in [0.15, 0.2) is 0 Å². The van der Waals surface area contributed by atoms with Crippen molar-refractivity contribution in [2.75, 3.05) is 0 Å². The summed E-state index contributed by atoms with van der Waals surface area (Å²) in [6, 6.07) is 0. The number of hydroxylamine groups is 1. The molecule has 3 nitrogen and oxygen atoms in total. The fraction of sp³-hybridized carbons (Fsp3) is 0.923. The molecule has 0 aliphatic heterocycles. The molecule has 0 bridgehead atoms. The Morgan fingerprint density at radius 3 is 1.94 bits per heavy atom. The molecule has 0 fully saturated rings. The fourth-order valence-corrected chi connectivity index (χ4v) is 1.78. The van der Waals surface area contributed by atoms with Gasteiger partial charge < -0.3 is 0 Å². The first-order valence-corrected chi connectivity index (χ1v) is 6.59. The third-order valence-corrected chi connectivity index (χ3v) is 2.81. The Morgan fingerprint density at radius 2 is 1.47 bits per heavy atom. The second-order valence-electron chi connectivity index (χ2n) is 4.94. The van der Waals surface area contributed by atoms with Crippen LogP contribution in [0.25, 0.3) is 0 Å². The van der Waals surface area contributed by atoms with Crippen molar-refractivity contribution in [1.82, 2.24) is 5.48 Å². The average molecular weight is 252 g/mol. The minimum atomic E-state index is -0.267. The number of rotatable bonds is 10. The van der Waals surface area contributed by atoms with Gasteiger partial charge in [-0.15, -0.1) is 0 Å². The van der Waals surface area contributed by atoms with Crippen molar-refractivity contribution in [3.05, 3.63) is 0 Å². The molecule has 0 aromatic rings. The zero-order valence-electron chi connectivity index (χ0n) is 11.8. The Balaban J connectivity index is 0. The average Bonchev–Trinajstić information content (AvgIpc) is 2.26. The summed E-state index contributed by atoms with van der Waals surface area (Å²) in [6.45, 7) is 4.54. The van der Waals surface area contributed by atoms with E-state index in [1.807, 2.05) is 0 Å². The van der Waals surface area contributed by atoms with Gasteiger partial charge in [0.05, 0.1) is 0 Å². The van der Waals surface area contributed by atoms with Gasteiger partial charge in [-0.25, -0.2) is 5.48 Å². The van der Waals surface area contributed by atoms with Crippen LogP contribution in [0, 0.1) is 5.92 Å². The molecule has 17 heavy (non-hydrogen) atoms. The summed E-state index contributed by atoms with van der Waals surface area (Å²) in [5.41, 5.74) is 1.66. The molecule has 0 rings (SSSR count). The molecule has 97 valence electrons. The van der Waals surface area contributed by atoms with Gasteiger partial charge in [-0.2, -0.15) is 0 Å². The van der Waals surface area contributed by atoms with Crippen molar-refractivity contribution in [1.29, 1.82) is 0 Å². The standard InChI is InChI=1S/C13H27NO2.Na/c1-12(2)10-8-6-4-3-5-7-9-11-13(15)14-16;/h12,16H,3-11H2,1-2H3,(H,14,15);. The van der Waals surface area contributed by atoms with Crippen LogP contribution in [0.5, 0.6) is 0 Å². The molecule has 0 aromatic carbocycles. The van der Waals surface area contributed by atoms with Gasteiger partial charge in [-0.1, -0.05) is 58.8 Å². The van der Waals surface area contributed by atoms with Crippen LogP contribution in [0.4, 0.5) is 0 Å². The minimum Gasteiger partial charge on any atom is -0.289 e. The summed E-state index contributed by atoms with van der Waals surface area (Å²) in [5, 5.41) is 8.28. The molecule has 0 aromatic heterocycles. The smallest absolute Gasteiger partial charge is 0.243 e. The summed E-state index contributed by atoms with van der Waals surface area (Å²) >= 11 is 0. The fourth-order valence-electron chi connectivity index (χ4n) is 1.78. The van der Waals surface area contributed by atoms with Crippen molar-refractivity contribution in [3.63, 3.8) is 0 Å². The van der Waals surface area contributed by atoms with E-state index in [0.29, 0.717) is 6.42 Å². The molecule has 0 saturated heterocycles. The van der Waals surface area contributed by atoms with E-state index in [0.717, 1.165) is 18.8 Å². The van der Waals surface area contributed by atoms with E-state index in [-0.39, 0.29) is 35.5 Å². The molecule has 0 atom stereocenters. The van der Waals surface area contributed by atoms with Gasteiger partial charge in [-0.05, 0) is 12.3 Å². The van der Waals surface area contributed by atoms with E-state index in [1.165, 1.54) is 38.5 Å². The van der Waals surface area contributed by atoms with Crippen molar-refractivity contribution in [2.24, 2.45) is 5.92 Å². The van der Waals surface area contributed by atoms with E-state index >= 15 is 0 Å². The summed E-state index contributed by atoms with van der Waals surface area (Å²) in [7, 11) is 0. The van der Waals surface area contributed by atoms with Crippen molar-refractivity contribution >= 4 is 35.5 Å². The molecule has 4 heteroatoms. The van der Waals surface area contributed by atoms with E-state index in [1.54, 1.807) is 5.48 Å². The van der Waals surface area contributed by atoms with Crippen LogP contribution in [-0.4, -0.2) is 40.7 Å². The largest absolute Gasteiger partial charge is 0.289 e. The second kappa shape index (κ2) is 14.5. The first-order chi connectivity index (χ1) is 7.66. The van der Waals surface area contributed by atoms with E-state index in [9.17, 15) is 4.79 Å². The van der Waals surface area contributed by atoms with Crippen LogP contribution in [0.2, 0.25) is 0 Å². The third-order valence-electron chi connectivity index (χ3n) is 2.81. The number of unbranched alkanes of at least 4 members (excludes halogenated alkanes) is 6. The van der Waals surface area contributed by atoms with Gasteiger partial charge in [0.25, 0.3) is 0 Å². The summed E-state index contributed by atoms with van der Waals surface area (Å²) in [6.07, 6.45) is 10.3. The van der Waals surface area contributed by atoms with Crippen molar-refractivity contribution < 1.29 is 10.0 Å². The summed E-state index contributed by atoms with van der Waals surface area (Å²) < 4.78 is 0. The van der Waals surface area contributed by atoms with Crippen molar-refractivity contribution in [3.8, 4) is 0 Å². The molecular weight excluding hydrogens is 225 g/mol. The third kappa shape index (κ3) is 16.4. The maximum absolute atomic E-state index is 10.7. The molecule has 2 N–H and O–H groups in total. The molecule has 0 aliphatic rings. The zero-order chi connectivity index (χ0) is 12.2. The Bertz CT molecular complexity index is 175. The normalized spacial score (nSPS) is 10.1. The Hall–Kier alpha value is 0.430. The number of carbonyl (C=O) groups excluding carboxylic acids is 1. The number of nitrogens with one attached hydrogen (secondary N) is 1. The number of amides is 1. The maximum Gasteiger partial charge on any atom is 0.243 e. The van der Waals surface area contributed by atoms with Crippen LogP contribution in [-0.2, 0) is 4.79 Å². The van der Waals surface area contributed by atoms with Gasteiger partial charge in [-0.3, -0.25) is 10.0 Å². The quantitative estimate of drug-likeness (QED) is 0.271. The van der Waals surface area contributed by atoms with Crippen molar-refractivity contribution in [2.45, 2.75) is 71.6 Å². The number of hydrogen-bond acceptors (Lipinski definition) is 2. The van der Waals surface area contributed by atoms with Crippen LogP contribution in [0.3, 0.4) is 0 Å². The topological polar surface area (TPSA) is 49.3 Å². The first kappa shape index (κ1) is 19.8. The van der Waals surface area contributed by atoms with Gasteiger partial charge in [0.1, 0.15) is 0 Å². The molecule has 0 saturated carbocycles. The molecule has 1 amide bonds. The Morgan fingerprint density at radius 1 is 1.00 bits per heavy atom. The minimum absolute atomic E-state index is 0. The van der Waals surface area contributed by atoms with Gasteiger partial charge in [0, 0.05) is 36.0 Å². The molecular formula is C13H27NNaO2. The molecule has 1 radical (unpaired) electrons. The number of hydrogen-bond donors (Lipinski definition) is 2. The zero-order valence-corrected chi connectivity index (χ0v) is 13.8. The maximum atomic E-state index is 10.7.